The molecule has 10 heteroatoms. The molecule has 46 heavy (non-hydrogen) atoms. The van der Waals surface area contributed by atoms with Gasteiger partial charge in [-0.05, 0) is 73.9 Å². The Morgan fingerprint density at radius 1 is 1.00 bits per heavy atom. The van der Waals surface area contributed by atoms with Crippen LogP contribution in [0.3, 0.4) is 0 Å². The molecule has 3 aromatic carbocycles. The minimum atomic E-state index is -3.78. The van der Waals surface area contributed by atoms with Gasteiger partial charge in [-0.3, -0.25) is 14.5 Å². The second kappa shape index (κ2) is 11.5. The summed E-state index contributed by atoms with van der Waals surface area (Å²) in [5, 5.41) is 0. The summed E-state index contributed by atoms with van der Waals surface area (Å²) in [5.41, 5.74) is 3.03. The van der Waals surface area contributed by atoms with Gasteiger partial charge in [0.2, 0.25) is 10.0 Å². The molecule has 0 amide bonds. The molecule has 5 atom stereocenters. The number of aryl methyl sites for hydroxylation is 1. The number of sulfonamides is 1. The molecule has 1 saturated carbocycles. The Labute approximate surface area is 270 Å². The quantitative estimate of drug-likeness (QED) is 0.270. The molecule has 7 rings (SSSR count). The summed E-state index contributed by atoms with van der Waals surface area (Å²) in [7, 11) is -3.78. The van der Waals surface area contributed by atoms with Gasteiger partial charge < -0.3 is 14.2 Å². The number of nitrogens with zero attached hydrogens (tertiary/aromatic N) is 1. The fourth-order valence-corrected chi connectivity index (χ4v) is 10.4. The van der Waals surface area contributed by atoms with Crippen molar-refractivity contribution in [2.75, 3.05) is 13.1 Å². The standard InChI is InChI=1S/C36H40N2O7S/c1-23-9-7-8-12-28(23)22-46(41,42)37-29-15-17-36(45-25(3)40)31-21-27-13-14-30(43-24(2)39)33-32(27)35(36,34(29)44-33)18-20-38(31)19-16-26-10-5-4-6-11-26/h4-14,29,31,34,37H,15-22H2,1-3H3/t29-,31-,34-,35+,36-/m1/s1. The molecule has 1 N–H and O–H groups in total. The van der Waals surface area contributed by atoms with E-state index in [9.17, 15) is 18.0 Å². The number of piperidine rings is 1. The average molecular weight is 645 g/mol. The van der Waals surface area contributed by atoms with Crippen molar-refractivity contribution in [1.29, 1.82) is 0 Å². The van der Waals surface area contributed by atoms with Crippen LogP contribution in [0.4, 0.5) is 0 Å². The molecule has 0 unspecified atom stereocenters. The van der Waals surface area contributed by atoms with Crippen LogP contribution in [0.25, 0.3) is 0 Å². The Hall–Kier alpha value is -3.73. The number of carbonyl (C=O) groups is 2. The van der Waals surface area contributed by atoms with E-state index in [-0.39, 0.29) is 17.8 Å². The van der Waals surface area contributed by atoms with Crippen LogP contribution in [0.15, 0.2) is 66.7 Å². The molecule has 2 aliphatic carbocycles. The van der Waals surface area contributed by atoms with Crippen molar-refractivity contribution >= 4 is 22.0 Å². The molecule has 1 spiro atoms. The van der Waals surface area contributed by atoms with Crippen molar-refractivity contribution in [1.82, 2.24) is 9.62 Å². The van der Waals surface area contributed by atoms with E-state index in [1.54, 1.807) is 6.07 Å². The molecule has 0 aromatic heterocycles. The summed E-state index contributed by atoms with van der Waals surface area (Å²) < 4.78 is 49.5. The van der Waals surface area contributed by atoms with Crippen LogP contribution >= 0.6 is 0 Å². The van der Waals surface area contributed by atoms with Gasteiger partial charge in [0.25, 0.3) is 0 Å². The lowest BCUT2D eigenvalue weighted by Crippen LogP contribution is -2.79. The van der Waals surface area contributed by atoms with E-state index < -0.39 is 39.2 Å². The van der Waals surface area contributed by atoms with Gasteiger partial charge in [0.05, 0.1) is 23.3 Å². The van der Waals surface area contributed by atoms with Crippen LogP contribution < -0.4 is 14.2 Å². The predicted octanol–water partition coefficient (Wildman–Crippen LogP) is 4.38. The van der Waals surface area contributed by atoms with Gasteiger partial charge in [-0.1, -0.05) is 60.7 Å². The molecule has 0 radical (unpaired) electrons. The first-order valence-electron chi connectivity index (χ1n) is 16.1. The van der Waals surface area contributed by atoms with E-state index >= 15 is 0 Å². The number of carbonyl (C=O) groups excluding carboxylic acids is 2. The zero-order chi connectivity index (χ0) is 32.3. The molecule has 1 saturated heterocycles. The normalized spacial score (nSPS) is 27.8. The number of hydrogen-bond donors (Lipinski definition) is 1. The Kier molecular flexibility index (Phi) is 7.73. The second-order valence-corrected chi connectivity index (χ2v) is 15.0. The molecule has 4 aliphatic rings. The van der Waals surface area contributed by atoms with Gasteiger partial charge in [-0.15, -0.1) is 0 Å². The van der Waals surface area contributed by atoms with Gasteiger partial charge in [-0.25, -0.2) is 13.1 Å². The van der Waals surface area contributed by atoms with Gasteiger partial charge in [0, 0.05) is 26.0 Å². The summed E-state index contributed by atoms with van der Waals surface area (Å²) in [6.07, 6.45) is 2.29. The third kappa shape index (κ3) is 5.02. The van der Waals surface area contributed by atoms with Gasteiger partial charge in [0.15, 0.2) is 11.5 Å². The lowest BCUT2D eigenvalue weighted by molar-refractivity contribution is -0.218. The SMILES string of the molecule is CC(=O)Oc1ccc2c3c1O[C@@H]1[C@H](NS(=O)(=O)Cc4ccccc4C)CC[C@@]4(OC(C)=O)[C@@H](C2)N(CCc2ccccc2)CC[C@]314. The second-order valence-electron chi connectivity index (χ2n) is 13.2. The third-order valence-electron chi connectivity index (χ3n) is 10.6. The minimum absolute atomic E-state index is 0.137. The number of nitrogens with one attached hydrogen (secondary N) is 1. The van der Waals surface area contributed by atoms with Crippen LogP contribution in [0, 0.1) is 6.92 Å². The highest BCUT2D eigenvalue weighted by Gasteiger charge is 2.75. The Morgan fingerprint density at radius 2 is 1.76 bits per heavy atom. The maximum atomic E-state index is 13.7. The Morgan fingerprint density at radius 3 is 2.50 bits per heavy atom. The maximum absolute atomic E-state index is 13.7. The van der Waals surface area contributed by atoms with Crippen LogP contribution in [0.1, 0.15) is 60.9 Å². The summed E-state index contributed by atoms with van der Waals surface area (Å²) >= 11 is 0. The molecule has 3 aromatic rings. The predicted molar refractivity (Wildman–Crippen MR) is 172 cm³/mol. The zero-order valence-corrected chi connectivity index (χ0v) is 27.3. The number of rotatable bonds is 9. The van der Waals surface area contributed by atoms with Crippen LogP contribution in [0.2, 0.25) is 0 Å². The summed E-state index contributed by atoms with van der Waals surface area (Å²) in [6.45, 7) is 6.21. The molecule has 2 aliphatic heterocycles. The maximum Gasteiger partial charge on any atom is 0.308 e. The van der Waals surface area contributed by atoms with E-state index in [1.807, 2.05) is 55.5 Å². The van der Waals surface area contributed by atoms with Crippen LogP contribution in [-0.4, -0.2) is 62.1 Å². The zero-order valence-electron chi connectivity index (χ0n) is 26.5. The fourth-order valence-electron chi connectivity index (χ4n) is 8.85. The van der Waals surface area contributed by atoms with Crippen molar-refractivity contribution < 1.29 is 32.2 Å². The number of likely N-dealkylation sites (tertiary alicyclic amines) is 1. The number of esters is 2. The van der Waals surface area contributed by atoms with Crippen molar-refractivity contribution in [2.24, 2.45) is 0 Å². The van der Waals surface area contributed by atoms with Crippen molar-refractivity contribution in [3.63, 3.8) is 0 Å². The summed E-state index contributed by atoms with van der Waals surface area (Å²) in [5.74, 6) is -0.246. The summed E-state index contributed by atoms with van der Waals surface area (Å²) in [4.78, 5) is 27.6. The highest BCUT2D eigenvalue weighted by molar-refractivity contribution is 7.88. The Bertz CT molecular complexity index is 1790. The largest absolute Gasteiger partial charge is 0.483 e. The monoisotopic (exact) mass is 644 g/mol. The van der Waals surface area contributed by atoms with Gasteiger partial charge in [-0.2, -0.15) is 0 Å². The number of ether oxygens (including phenoxy) is 3. The first-order chi connectivity index (χ1) is 22.0. The third-order valence-corrected chi connectivity index (χ3v) is 11.9. The molecule has 2 bridgehead atoms. The van der Waals surface area contributed by atoms with Crippen molar-refractivity contribution in [3.05, 3.63) is 94.5 Å². The van der Waals surface area contributed by atoms with E-state index in [0.29, 0.717) is 37.2 Å². The minimum Gasteiger partial charge on any atom is -0.483 e. The smallest absolute Gasteiger partial charge is 0.308 e. The lowest BCUT2D eigenvalue weighted by atomic mass is 9.48. The fraction of sp³-hybridized carbons (Fsp3) is 0.444. The van der Waals surface area contributed by atoms with Crippen molar-refractivity contribution in [2.45, 2.75) is 87.8 Å². The number of hydrogen-bond acceptors (Lipinski definition) is 8. The average Bonchev–Trinajstić information content (AvgIpc) is 3.36. The molecule has 2 fully saturated rings. The van der Waals surface area contributed by atoms with E-state index in [2.05, 4.69) is 21.8 Å². The highest BCUT2D eigenvalue weighted by atomic mass is 32.2. The Balaban J connectivity index is 1.31. The molecular weight excluding hydrogens is 604 g/mol. The lowest BCUT2D eigenvalue weighted by Gasteiger charge is -2.65. The molecule has 242 valence electrons. The molecular formula is C36H40N2O7S. The van der Waals surface area contributed by atoms with Gasteiger partial charge in [0.1, 0.15) is 11.7 Å². The molecule has 2 heterocycles. The van der Waals surface area contributed by atoms with Crippen molar-refractivity contribution in [3.8, 4) is 11.5 Å². The summed E-state index contributed by atoms with van der Waals surface area (Å²) in [6, 6.07) is 20.8. The topological polar surface area (TPSA) is 111 Å². The number of benzene rings is 3. The molecule has 9 nitrogen and oxygen atoms in total. The van der Waals surface area contributed by atoms with Crippen LogP contribution in [0.5, 0.6) is 11.5 Å². The van der Waals surface area contributed by atoms with Gasteiger partial charge >= 0.3 is 11.9 Å². The van der Waals surface area contributed by atoms with E-state index in [4.69, 9.17) is 14.2 Å². The van der Waals surface area contributed by atoms with E-state index in [1.165, 1.54) is 19.4 Å². The van der Waals surface area contributed by atoms with Crippen LogP contribution in [-0.2, 0) is 48.4 Å². The first kappa shape index (κ1) is 30.9. The van der Waals surface area contributed by atoms with E-state index in [0.717, 1.165) is 41.8 Å². The first-order valence-corrected chi connectivity index (χ1v) is 17.7. The highest BCUT2D eigenvalue weighted by Crippen LogP contribution is 2.66.